The van der Waals surface area contributed by atoms with Crippen molar-refractivity contribution in [1.29, 1.82) is 0 Å². The van der Waals surface area contributed by atoms with Crippen LogP contribution in [0.4, 0.5) is 4.39 Å². The molecule has 1 aliphatic carbocycles. The molecule has 1 saturated heterocycles. The van der Waals surface area contributed by atoms with Crippen LogP contribution in [0.5, 0.6) is 11.6 Å². The molecule has 1 aliphatic heterocycles. The van der Waals surface area contributed by atoms with E-state index in [9.17, 15) is 19.1 Å². The van der Waals surface area contributed by atoms with Crippen LogP contribution < -0.4 is 4.74 Å². The van der Waals surface area contributed by atoms with Gasteiger partial charge >= 0.3 is 5.97 Å². The second-order valence-electron chi connectivity index (χ2n) is 9.87. The average Bonchev–Trinajstić information content (AvgIpc) is 3.09. The third-order valence-electron chi connectivity index (χ3n) is 7.10. The second kappa shape index (κ2) is 8.52. The molecule has 0 radical (unpaired) electrons. The molecule has 3 aromatic rings. The number of ether oxygens (including phenoxy) is 1. The van der Waals surface area contributed by atoms with Crippen molar-refractivity contribution in [1.82, 2.24) is 9.88 Å². The molecule has 1 amide bonds. The lowest BCUT2D eigenvalue weighted by molar-refractivity contribution is -0.150. The molecule has 0 bridgehead atoms. The van der Waals surface area contributed by atoms with Gasteiger partial charge in [-0.25, -0.2) is 9.37 Å². The third kappa shape index (κ3) is 4.07. The van der Waals surface area contributed by atoms with Gasteiger partial charge in [0.15, 0.2) is 0 Å². The molecule has 8 heteroatoms. The predicted molar refractivity (Wildman–Crippen MR) is 128 cm³/mol. The number of fused-ring (bicyclic) bond motifs is 1. The normalized spacial score (nSPS) is 21.7. The minimum absolute atomic E-state index is 0.0457. The van der Waals surface area contributed by atoms with Gasteiger partial charge in [0, 0.05) is 17.5 Å². The maximum absolute atomic E-state index is 13.6. The average molecular weight is 479 g/mol. The number of nitrogens with zero attached hydrogens (tertiary/aromatic N) is 2. The molecule has 2 heterocycles. The highest BCUT2D eigenvalue weighted by molar-refractivity contribution is 6.01. The molecule has 182 valence electrons. The van der Waals surface area contributed by atoms with Gasteiger partial charge in [-0.1, -0.05) is 26.0 Å². The minimum atomic E-state index is -1.01. The number of carboxylic acid groups (broad SMARTS) is 1. The number of pyridine rings is 1. The van der Waals surface area contributed by atoms with Crippen LogP contribution in [0, 0.1) is 11.2 Å². The number of benzene rings is 2. The molecular weight excluding hydrogens is 451 g/mol. The lowest BCUT2D eigenvalue weighted by Crippen LogP contribution is -2.49. The van der Waals surface area contributed by atoms with Crippen molar-refractivity contribution in [2.75, 3.05) is 13.1 Å². The smallest absolute Gasteiger partial charge is 0.323 e. The van der Waals surface area contributed by atoms with E-state index in [1.165, 1.54) is 17.0 Å². The number of carbonyl (C=O) groups is 2. The fourth-order valence-corrected chi connectivity index (χ4v) is 5.36. The Balaban J connectivity index is 1.48. The highest BCUT2D eigenvalue weighted by Gasteiger charge is 2.56. The second-order valence-corrected chi connectivity index (χ2v) is 9.87. The van der Waals surface area contributed by atoms with Gasteiger partial charge in [-0.05, 0) is 66.5 Å². The minimum Gasteiger partial charge on any atom is -0.508 e. The number of rotatable bonds is 6. The van der Waals surface area contributed by atoms with Crippen LogP contribution in [0.2, 0.25) is 0 Å². The Morgan fingerprint density at radius 2 is 1.91 bits per heavy atom. The van der Waals surface area contributed by atoms with E-state index in [2.05, 4.69) is 0 Å². The van der Waals surface area contributed by atoms with Gasteiger partial charge in [0.05, 0.1) is 11.1 Å². The van der Waals surface area contributed by atoms with E-state index < -0.39 is 11.4 Å². The highest BCUT2D eigenvalue weighted by atomic mass is 19.1. The van der Waals surface area contributed by atoms with Crippen molar-refractivity contribution in [3.8, 4) is 22.8 Å². The number of aromatic hydroxyl groups is 1. The number of likely N-dealkylation sites (tertiary alicyclic amines) is 1. The summed E-state index contributed by atoms with van der Waals surface area (Å²) in [5.74, 6) is -0.948. The van der Waals surface area contributed by atoms with Gasteiger partial charge in [0.2, 0.25) is 11.8 Å². The lowest BCUT2D eigenvalue weighted by Gasteiger charge is -2.42. The molecule has 1 aromatic heterocycles. The summed E-state index contributed by atoms with van der Waals surface area (Å²) < 4.78 is 19.9. The van der Waals surface area contributed by atoms with Crippen molar-refractivity contribution >= 4 is 22.6 Å². The van der Waals surface area contributed by atoms with Crippen LogP contribution >= 0.6 is 0 Å². The van der Waals surface area contributed by atoms with Crippen LogP contribution in [-0.4, -0.2) is 51.2 Å². The molecule has 0 unspecified atom stereocenters. The van der Waals surface area contributed by atoms with E-state index >= 15 is 0 Å². The van der Waals surface area contributed by atoms with E-state index in [-0.39, 0.29) is 36.0 Å². The van der Waals surface area contributed by atoms with E-state index in [0.717, 1.165) is 22.2 Å². The zero-order valence-corrected chi connectivity index (χ0v) is 19.6. The summed E-state index contributed by atoms with van der Waals surface area (Å²) in [6.45, 7) is 4.22. The Kier molecular flexibility index (Phi) is 5.62. The third-order valence-corrected chi connectivity index (χ3v) is 7.10. The van der Waals surface area contributed by atoms with Gasteiger partial charge in [-0.15, -0.1) is 0 Å². The molecule has 2 N–H and O–H groups in total. The highest BCUT2D eigenvalue weighted by Crippen LogP contribution is 2.51. The summed E-state index contributed by atoms with van der Waals surface area (Å²) in [6.07, 6.45) is 1.38. The first-order chi connectivity index (χ1) is 16.7. The van der Waals surface area contributed by atoms with Gasteiger partial charge in [-0.3, -0.25) is 9.59 Å². The van der Waals surface area contributed by atoms with Crippen LogP contribution in [0.15, 0.2) is 42.5 Å². The van der Waals surface area contributed by atoms with Gasteiger partial charge in [-0.2, -0.15) is 0 Å². The zero-order valence-electron chi connectivity index (χ0n) is 19.6. The number of aromatic nitrogens is 1. The number of hydrogen-bond acceptors (Lipinski definition) is 5. The summed E-state index contributed by atoms with van der Waals surface area (Å²) in [5.41, 5.74) is 1.92. The molecule has 1 saturated carbocycles. The number of hydrogen-bond donors (Lipinski definition) is 2. The monoisotopic (exact) mass is 478 g/mol. The van der Waals surface area contributed by atoms with Crippen LogP contribution in [0.3, 0.4) is 0 Å². The van der Waals surface area contributed by atoms with Gasteiger partial charge < -0.3 is 19.8 Å². The maximum atomic E-state index is 13.6. The molecule has 1 spiro atoms. The summed E-state index contributed by atoms with van der Waals surface area (Å²) in [5, 5.41) is 20.7. The Morgan fingerprint density at radius 3 is 2.57 bits per heavy atom. The van der Waals surface area contributed by atoms with E-state index in [0.29, 0.717) is 37.1 Å². The van der Waals surface area contributed by atoms with Crippen LogP contribution in [0.1, 0.15) is 44.7 Å². The maximum Gasteiger partial charge on any atom is 0.323 e. The van der Waals surface area contributed by atoms with Crippen molar-refractivity contribution in [3.05, 3.63) is 54.0 Å². The summed E-state index contributed by atoms with van der Waals surface area (Å²) in [6, 6.07) is 11.3. The molecule has 5 rings (SSSR count). The van der Waals surface area contributed by atoms with Crippen molar-refractivity contribution in [3.63, 3.8) is 0 Å². The summed E-state index contributed by atoms with van der Waals surface area (Å²) in [4.78, 5) is 30.1. The van der Waals surface area contributed by atoms with Crippen molar-refractivity contribution in [2.24, 2.45) is 5.41 Å². The SMILES string of the molecule is CC(C)c1nc(OC2CC3(CCN(CC(=O)O)C3=O)C2)c2cc(O)ccc2c1-c1ccc(F)cc1. The number of aliphatic carboxylic acids is 1. The first kappa shape index (κ1) is 23.1. The number of carbonyl (C=O) groups excluding carboxylic acids is 1. The van der Waals surface area contributed by atoms with Crippen molar-refractivity contribution in [2.45, 2.75) is 45.1 Å². The predicted octanol–water partition coefficient (Wildman–Crippen LogP) is 4.71. The first-order valence-corrected chi connectivity index (χ1v) is 11.8. The Labute approximate surface area is 202 Å². The summed E-state index contributed by atoms with van der Waals surface area (Å²) >= 11 is 0. The Hall–Kier alpha value is -3.68. The summed E-state index contributed by atoms with van der Waals surface area (Å²) in [7, 11) is 0. The molecule has 2 aliphatic rings. The molecule has 2 fully saturated rings. The number of carboxylic acids is 1. The topological polar surface area (TPSA) is 100.0 Å². The van der Waals surface area contributed by atoms with E-state index in [1.807, 2.05) is 19.9 Å². The Morgan fingerprint density at radius 1 is 1.20 bits per heavy atom. The largest absolute Gasteiger partial charge is 0.508 e. The molecule has 0 atom stereocenters. The molecule has 7 nitrogen and oxygen atoms in total. The molecule has 35 heavy (non-hydrogen) atoms. The number of amides is 1. The van der Waals surface area contributed by atoms with Gasteiger partial charge in [0.1, 0.15) is 24.2 Å². The number of phenolic OH excluding ortho intramolecular Hbond substituents is 1. The van der Waals surface area contributed by atoms with Crippen LogP contribution in [-0.2, 0) is 9.59 Å². The molecule has 2 aromatic carbocycles. The Bertz CT molecular complexity index is 1320. The first-order valence-electron chi connectivity index (χ1n) is 11.8. The fraction of sp³-hybridized carbons (Fsp3) is 0.370. The quantitative estimate of drug-likeness (QED) is 0.532. The van der Waals surface area contributed by atoms with E-state index in [4.69, 9.17) is 14.8 Å². The van der Waals surface area contributed by atoms with Crippen LogP contribution in [0.25, 0.3) is 21.9 Å². The number of halogens is 1. The lowest BCUT2D eigenvalue weighted by atomic mass is 9.65. The standard InChI is InChI=1S/C27H27FN2O5/c1-15(2)24-23(16-3-5-17(28)6-4-16)20-8-7-18(31)11-21(20)25(29-24)35-19-12-27(13-19)9-10-30(26(27)34)14-22(32)33/h3-8,11,15,19,31H,9-10,12-14H2,1-2H3,(H,32,33). The van der Waals surface area contributed by atoms with Gasteiger partial charge in [0.25, 0.3) is 0 Å². The zero-order chi connectivity index (χ0) is 24.9. The van der Waals surface area contributed by atoms with Crippen molar-refractivity contribution < 1.29 is 28.9 Å². The number of phenols is 1. The molecular formula is C27H27FN2O5. The van der Waals surface area contributed by atoms with E-state index in [1.54, 1.807) is 24.3 Å². The fourth-order valence-electron chi connectivity index (χ4n) is 5.36.